The number of piperazine rings is 1. The van der Waals surface area contributed by atoms with Gasteiger partial charge in [0, 0.05) is 36.6 Å². The molecule has 7 nitrogen and oxygen atoms in total. The smallest absolute Gasteiger partial charge is 0.246 e. The van der Waals surface area contributed by atoms with Gasteiger partial charge in [-0.3, -0.25) is 14.3 Å². The summed E-state index contributed by atoms with van der Waals surface area (Å²) in [5, 5.41) is 8.20. The normalized spacial score (nSPS) is 14.9. The molecule has 1 aliphatic rings. The van der Waals surface area contributed by atoms with Gasteiger partial charge < -0.3 is 15.1 Å². The Balaban J connectivity index is 1.57. The molecule has 0 spiro atoms. The SMILES string of the molecule is CN1CCN(c2ccc(Cl)cc2NC(=O)Cn2ncc(=O)c3ccccc32)CC1. The maximum atomic E-state index is 12.8. The van der Waals surface area contributed by atoms with Crippen molar-refractivity contribution < 1.29 is 4.79 Å². The zero-order chi connectivity index (χ0) is 20.4. The topological polar surface area (TPSA) is 70.5 Å². The number of anilines is 2. The Bertz CT molecular complexity index is 1110. The molecule has 3 aromatic rings. The van der Waals surface area contributed by atoms with Gasteiger partial charge in [-0.2, -0.15) is 5.10 Å². The summed E-state index contributed by atoms with van der Waals surface area (Å²) in [5.41, 5.74) is 2.09. The minimum atomic E-state index is -0.232. The van der Waals surface area contributed by atoms with Crippen LogP contribution in [0.25, 0.3) is 10.9 Å². The fourth-order valence-corrected chi connectivity index (χ4v) is 3.72. The molecule has 0 saturated carbocycles. The number of nitrogens with one attached hydrogen (secondary N) is 1. The monoisotopic (exact) mass is 411 g/mol. The molecule has 1 N–H and O–H groups in total. The summed E-state index contributed by atoms with van der Waals surface area (Å²) in [6.07, 6.45) is 1.24. The van der Waals surface area contributed by atoms with Crippen molar-refractivity contribution in [2.75, 3.05) is 43.4 Å². The first-order chi connectivity index (χ1) is 14.0. The van der Waals surface area contributed by atoms with E-state index in [0.717, 1.165) is 31.9 Å². The number of hydrogen-bond donors (Lipinski definition) is 1. The molecule has 1 saturated heterocycles. The Morgan fingerprint density at radius 2 is 1.90 bits per heavy atom. The largest absolute Gasteiger partial charge is 0.367 e. The number of para-hydroxylation sites is 1. The highest BCUT2D eigenvalue weighted by Gasteiger charge is 2.19. The van der Waals surface area contributed by atoms with Crippen molar-refractivity contribution in [2.45, 2.75) is 6.54 Å². The quantitative estimate of drug-likeness (QED) is 0.714. The maximum absolute atomic E-state index is 12.8. The third kappa shape index (κ3) is 4.26. The number of hydrogen-bond acceptors (Lipinski definition) is 5. The second-order valence-electron chi connectivity index (χ2n) is 7.18. The molecule has 0 bridgehead atoms. The average molecular weight is 412 g/mol. The minimum absolute atomic E-state index is 0.00448. The predicted octanol–water partition coefficient (Wildman–Crippen LogP) is 2.44. The zero-order valence-corrected chi connectivity index (χ0v) is 16.9. The summed E-state index contributed by atoms with van der Waals surface area (Å²) in [6.45, 7) is 3.68. The van der Waals surface area contributed by atoms with Gasteiger partial charge in [-0.05, 0) is 37.4 Å². The van der Waals surface area contributed by atoms with E-state index in [0.29, 0.717) is 21.6 Å². The molecule has 1 aromatic heterocycles. The van der Waals surface area contributed by atoms with Gasteiger partial charge in [0.05, 0.1) is 23.1 Å². The van der Waals surface area contributed by atoms with Gasteiger partial charge in [0.2, 0.25) is 11.3 Å². The molecule has 0 unspecified atom stereocenters. The van der Waals surface area contributed by atoms with E-state index in [-0.39, 0.29) is 17.9 Å². The van der Waals surface area contributed by atoms with Gasteiger partial charge in [0.15, 0.2) is 0 Å². The number of benzene rings is 2. The number of rotatable bonds is 4. The van der Waals surface area contributed by atoms with Crippen LogP contribution < -0.4 is 15.6 Å². The maximum Gasteiger partial charge on any atom is 0.246 e. The van der Waals surface area contributed by atoms with Crippen LogP contribution in [0.2, 0.25) is 5.02 Å². The first-order valence-corrected chi connectivity index (χ1v) is 9.87. The van der Waals surface area contributed by atoms with Crippen LogP contribution in [0, 0.1) is 0 Å². The molecule has 0 aliphatic carbocycles. The van der Waals surface area contributed by atoms with Crippen LogP contribution in [0.4, 0.5) is 11.4 Å². The fraction of sp³-hybridized carbons (Fsp3) is 0.286. The summed E-state index contributed by atoms with van der Waals surface area (Å²) in [4.78, 5) is 29.3. The molecule has 29 heavy (non-hydrogen) atoms. The Hall–Kier alpha value is -2.90. The number of amides is 1. The molecule has 150 valence electrons. The van der Waals surface area contributed by atoms with Crippen molar-refractivity contribution in [1.82, 2.24) is 14.7 Å². The molecule has 2 aromatic carbocycles. The third-order valence-corrected chi connectivity index (χ3v) is 5.37. The molecule has 1 aliphatic heterocycles. The molecule has 0 radical (unpaired) electrons. The molecule has 2 heterocycles. The van der Waals surface area contributed by atoms with E-state index in [9.17, 15) is 9.59 Å². The molecular formula is C21H22ClN5O2. The lowest BCUT2D eigenvalue weighted by molar-refractivity contribution is -0.116. The van der Waals surface area contributed by atoms with Crippen molar-refractivity contribution in [3.05, 3.63) is 63.9 Å². The van der Waals surface area contributed by atoms with Crippen molar-refractivity contribution in [2.24, 2.45) is 0 Å². The van der Waals surface area contributed by atoms with Crippen LogP contribution in [0.5, 0.6) is 0 Å². The summed E-state index contributed by atoms with van der Waals surface area (Å²) in [6, 6.07) is 12.7. The lowest BCUT2D eigenvalue weighted by atomic mass is 10.2. The molecule has 4 rings (SSSR count). The highest BCUT2D eigenvalue weighted by molar-refractivity contribution is 6.31. The second-order valence-corrected chi connectivity index (χ2v) is 7.62. The number of halogens is 1. The Morgan fingerprint density at radius 1 is 1.14 bits per heavy atom. The highest BCUT2D eigenvalue weighted by atomic mass is 35.5. The molecule has 1 amide bonds. The van der Waals surface area contributed by atoms with Crippen LogP contribution in [0.1, 0.15) is 0 Å². The van der Waals surface area contributed by atoms with E-state index in [1.54, 1.807) is 24.3 Å². The van der Waals surface area contributed by atoms with Crippen molar-refractivity contribution >= 4 is 39.8 Å². The fourth-order valence-electron chi connectivity index (χ4n) is 3.54. The standard InChI is InChI=1S/C21H22ClN5O2/c1-25-8-10-26(11-9-25)19-7-6-15(22)12-17(19)24-21(29)14-27-18-5-3-2-4-16(18)20(28)13-23-27/h2-7,12-13H,8-11,14H2,1H3,(H,24,29). The number of fused-ring (bicyclic) bond motifs is 1. The summed E-state index contributed by atoms with van der Waals surface area (Å²) in [5.74, 6) is -0.232. The van der Waals surface area contributed by atoms with Gasteiger partial charge >= 0.3 is 0 Å². The summed E-state index contributed by atoms with van der Waals surface area (Å²) >= 11 is 6.19. The lowest BCUT2D eigenvalue weighted by Gasteiger charge is -2.35. The Kier molecular flexibility index (Phi) is 5.51. The highest BCUT2D eigenvalue weighted by Crippen LogP contribution is 2.30. The van der Waals surface area contributed by atoms with Gasteiger partial charge in [0.25, 0.3) is 0 Å². The lowest BCUT2D eigenvalue weighted by Crippen LogP contribution is -2.44. The number of nitrogens with zero attached hydrogens (tertiary/aromatic N) is 4. The third-order valence-electron chi connectivity index (χ3n) is 5.13. The van der Waals surface area contributed by atoms with Crippen LogP contribution in [0.15, 0.2) is 53.5 Å². The zero-order valence-electron chi connectivity index (χ0n) is 16.1. The molecule has 1 fully saturated rings. The number of aromatic nitrogens is 2. The van der Waals surface area contributed by atoms with E-state index < -0.39 is 0 Å². The average Bonchev–Trinajstić information content (AvgIpc) is 2.71. The number of carbonyl (C=O) groups is 1. The van der Waals surface area contributed by atoms with E-state index in [4.69, 9.17) is 11.6 Å². The van der Waals surface area contributed by atoms with E-state index in [1.165, 1.54) is 10.9 Å². The molecule has 8 heteroatoms. The number of likely N-dealkylation sites (N-methyl/N-ethyl adjacent to an activating group) is 1. The molecule has 0 atom stereocenters. The van der Waals surface area contributed by atoms with Gasteiger partial charge in [0.1, 0.15) is 6.54 Å². The Morgan fingerprint density at radius 3 is 2.69 bits per heavy atom. The van der Waals surface area contributed by atoms with E-state index >= 15 is 0 Å². The van der Waals surface area contributed by atoms with Crippen LogP contribution >= 0.6 is 11.6 Å². The van der Waals surface area contributed by atoms with Crippen molar-refractivity contribution in [3.8, 4) is 0 Å². The van der Waals surface area contributed by atoms with Gasteiger partial charge in [-0.1, -0.05) is 23.7 Å². The Labute approximate surface area is 173 Å². The van der Waals surface area contributed by atoms with E-state index in [1.807, 2.05) is 18.2 Å². The first kappa shape index (κ1) is 19.4. The van der Waals surface area contributed by atoms with Gasteiger partial charge in [-0.25, -0.2) is 0 Å². The second kappa shape index (κ2) is 8.23. The van der Waals surface area contributed by atoms with Crippen molar-refractivity contribution in [3.63, 3.8) is 0 Å². The van der Waals surface area contributed by atoms with E-state index in [2.05, 4.69) is 27.3 Å². The summed E-state index contributed by atoms with van der Waals surface area (Å²) < 4.78 is 1.53. The van der Waals surface area contributed by atoms with Gasteiger partial charge in [-0.15, -0.1) is 0 Å². The van der Waals surface area contributed by atoms with Crippen LogP contribution in [0.3, 0.4) is 0 Å². The molecular weight excluding hydrogens is 390 g/mol. The van der Waals surface area contributed by atoms with Crippen LogP contribution in [-0.4, -0.2) is 53.8 Å². The number of carbonyl (C=O) groups excluding carboxylic acids is 1. The predicted molar refractivity (Wildman–Crippen MR) is 116 cm³/mol. The van der Waals surface area contributed by atoms with Crippen molar-refractivity contribution in [1.29, 1.82) is 0 Å². The van der Waals surface area contributed by atoms with Crippen LogP contribution in [-0.2, 0) is 11.3 Å². The summed E-state index contributed by atoms with van der Waals surface area (Å²) in [7, 11) is 2.10. The first-order valence-electron chi connectivity index (χ1n) is 9.49. The minimum Gasteiger partial charge on any atom is -0.367 e.